The van der Waals surface area contributed by atoms with Crippen molar-refractivity contribution in [3.8, 4) is 5.88 Å². The van der Waals surface area contributed by atoms with E-state index in [0.29, 0.717) is 18.5 Å². The van der Waals surface area contributed by atoms with Crippen LogP contribution in [0.25, 0.3) is 0 Å². The second-order valence-corrected chi connectivity index (χ2v) is 17.8. The molecule has 6 rings (SSSR count). The molecule has 15 nitrogen and oxygen atoms in total. The largest absolute Gasteiger partial charge is 0.472 e. The molecule has 1 aromatic carbocycles. The maximum atomic E-state index is 14.5. The van der Waals surface area contributed by atoms with Crippen LogP contribution in [-0.4, -0.2) is 88.7 Å². The summed E-state index contributed by atoms with van der Waals surface area (Å²) in [5.41, 5.74) is -1.95. The predicted octanol–water partition coefficient (Wildman–Crippen LogP) is 4.11. The third kappa shape index (κ3) is 9.05. The van der Waals surface area contributed by atoms with Crippen molar-refractivity contribution >= 4 is 57.1 Å². The summed E-state index contributed by atoms with van der Waals surface area (Å²) < 4.78 is 52.7. The molecule has 0 unspecified atom stereocenters. The van der Waals surface area contributed by atoms with E-state index in [1.54, 1.807) is 20.8 Å². The number of likely N-dealkylation sites (tertiary alicyclic amines) is 1. The highest BCUT2D eigenvalue weighted by molar-refractivity contribution is 7.91. The van der Waals surface area contributed by atoms with Gasteiger partial charge in [-0.15, -0.1) is 6.58 Å². The molecule has 18 heteroatoms. The van der Waals surface area contributed by atoms with Crippen molar-refractivity contribution in [1.29, 1.82) is 0 Å². The second-order valence-electron chi connectivity index (χ2n) is 15.4. The van der Waals surface area contributed by atoms with Gasteiger partial charge in [-0.1, -0.05) is 38.4 Å². The van der Waals surface area contributed by atoms with Crippen molar-refractivity contribution in [3.05, 3.63) is 54.0 Å². The number of aromatic nitrogens is 2. The topological polar surface area (TPSA) is 198 Å². The monoisotopic (exact) mass is 789 g/mol. The Labute approximate surface area is 318 Å². The fourth-order valence-corrected chi connectivity index (χ4v) is 8.40. The van der Waals surface area contributed by atoms with Gasteiger partial charge >= 0.3 is 6.09 Å². The molecule has 4 N–H and O–H groups in total. The molecule has 2 heterocycles. The quantitative estimate of drug-likeness (QED) is 0.168. The number of rotatable bonds is 13. The van der Waals surface area contributed by atoms with Crippen LogP contribution in [0.5, 0.6) is 5.88 Å². The van der Waals surface area contributed by atoms with Crippen molar-refractivity contribution < 1.29 is 41.5 Å². The molecule has 3 saturated carbocycles. The van der Waals surface area contributed by atoms with Crippen molar-refractivity contribution in [2.75, 3.05) is 11.9 Å². The number of carbonyl (C=O) groups excluding carboxylic acids is 4. The van der Waals surface area contributed by atoms with E-state index >= 15 is 0 Å². The molecule has 0 radical (unpaired) electrons. The zero-order valence-corrected chi connectivity index (χ0v) is 31.8. The van der Waals surface area contributed by atoms with Gasteiger partial charge in [0.15, 0.2) is 0 Å². The Morgan fingerprint density at radius 1 is 1.07 bits per heavy atom. The number of nitrogens with zero attached hydrogens (tertiary/aromatic N) is 3. The first-order chi connectivity index (χ1) is 25.5. The van der Waals surface area contributed by atoms with E-state index in [4.69, 9.17) is 21.1 Å². The van der Waals surface area contributed by atoms with Gasteiger partial charge < -0.3 is 30.3 Å². The maximum Gasteiger partial charge on any atom is 0.408 e. The SMILES string of the molecule is C=C[C@@H]1C[C@]1(NC(=O)[C@@H]1C[C@@H](Oc2cc(Cl)nc(Nc3ccc(F)cc3)n2)CN1C(=O)[C@@H](NC(=O)OC1CCCC1)C(C)(C)C)C(=O)NS(=O)(=O)C1CC1. The summed E-state index contributed by atoms with van der Waals surface area (Å²) in [4.78, 5) is 65.0. The number of benzene rings is 1. The van der Waals surface area contributed by atoms with Gasteiger partial charge in [0.25, 0.3) is 5.91 Å². The van der Waals surface area contributed by atoms with Gasteiger partial charge in [-0.25, -0.2) is 22.6 Å². The van der Waals surface area contributed by atoms with Crippen LogP contribution in [0, 0.1) is 17.2 Å². The Morgan fingerprint density at radius 3 is 2.37 bits per heavy atom. The third-order valence-corrected chi connectivity index (χ3v) is 12.1. The summed E-state index contributed by atoms with van der Waals surface area (Å²) in [7, 11) is -3.93. The van der Waals surface area contributed by atoms with E-state index in [9.17, 15) is 32.0 Å². The molecule has 4 aliphatic rings. The number of alkyl carbamates (subject to hydrolysis) is 1. The number of amides is 4. The van der Waals surface area contributed by atoms with Gasteiger partial charge in [-0.3, -0.25) is 19.1 Å². The Hall–Kier alpha value is -4.51. The van der Waals surface area contributed by atoms with E-state index in [2.05, 4.69) is 37.2 Å². The Bertz CT molecular complexity index is 1900. The van der Waals surface area contributed by atoms with E-state index in [1.165, 1.54) is 41.3 Å². The van der Waals surface area contributed by atoms with Crippen molar-refractivity contribution in [3.63, 3.8) is 0 Å². The number of sulfonamides is 1. The fraction of sp³-hybridized carbons (Fsp3) is 0.556. The second kappa shape index (κ2) is 15.3. The highest BCUT2D eigenvalue weighted by Gasteiger charge is 2.62. The Morgan fingerprint density at radius 2 is 1.76 bits per heavy atom. The first kappa shape index (κ1) is 39.2. The zero-order valence-electron chi connectivity index (χ0n) is 30.3. The Kier molecular flexibility index (Phi) is 11.1. The normalized spacial score (nSPS) is 24.6. The number of halogens is 2. The lowest BCUT2D eigenvalue weighted by atomic mass is 9.85. The molecule has 54 heavy (non-hydrogen) atoms. The molecule has 4 fully saturated rings. The van der Waals surface area contributed by atoms with Crippen LogP contribution >= 0.6 is 11.6 Å². The number of hydrogen-bond acceptors (Lipinski definition) is 11. The summed E-state index contributed by atoms with van der Waals surface area (Å²) in [6.45, 7) is 8.91. The van der Waals surface area contributed by atoms with E-state index < -0.39 is 80.0 Å². The van der Waals surface area contributed by atoms with E-state index in [0.717, 1.165) is 25.7 Å². The molecule has 0 spiro atoms. The molecular formula is C36H45ClFN7O8S. The van der Waals surface area contributed by atoms with Gasteiger partial charge in [0.1, 0.15) is 40.8 Å². The van der Waals surface area contributed by atoms with Crippen LogP contribution in [0.3, 0.4) is 0 Å². The molecule has 5 atom stereocenters. The van der Waals surface area contributed by atoms with Gasteiger partial charge in [0.05, 0.1) is 11.8 Å². The lowest BCUT2D eigenvalue weighted by Gasteiger charge is -2.35. The van der Waals surface area contributed by atoms with Crippen molar-refractivity contribution in [1.82, 2.24) is 30.2 Å². The van der Waals surface area contributed by atoms with Crippen molar-refractivity contribution in [2.45, 2.75) is 107 Å². The van der Waals surface area contributed by atoms with Crippen molar-refractivity contribution in [2.24, 2.45) is 11.3 Å². The van der Waals surface area contributed by atoms with Gasteiger partial charge in [0, 0.05) is 24.1 Å². The number of carbonyl (C=O) groups is 4. The lowest BCUT2D eigenvalue weighted by molar-refractivity contribution is -0.143. The van der Waals surface area contributed by atoms with Crippen LogP contribution in [0.15, 0.2) is 43.0 Å². The zero-order chi connectivity index (χ0) is 39.0. The minimum Gasteiger partial charge on any atom is -0.472 e. The maximum absolute atomic E-state index is 14.5. The Balaban J connectivity index is 1.25. The molecule has 1 saturated heterocycles. The molecule has 1 aromatic heterocycles. The average molecular weight is 790 g/mol. The van der Waals surface area contributed by atoms with Crippen LogP contribution in [0.4, 0.5) is 20.8 Å². The molecule has 0 bridgehead atoms. The van der Waals surface area contributed by atoms with E-state index in [1.807, 2.05) is 0 Å². The van der Waals surface area contributed by atoms with E-state index in [-0.39, 0.29) is 42.5 Å². The highest BCUT2D eigenvalue weighted by Crippen LogP contribution is 2.45. The minimum absolute atomic E-state index is 0.0127. The number of nitrogens with one attached hydrogen (secondary N) is 4. The molecule has 4 amide bonds. The highest BCUT2D eigenvalue weighted by atomic mass is 35.5. The average Bonchev–Trinajstić information content (AvgIpc) is 3.97. The fourth-order valence-electron chi connectivity index (χ4n) is 6.86. The first-order valence-electron chi connectivity index (χ1n) is 18.0. The predicted molar refractivity (Wildman–Crippen MR) is 196 cm³/mol. The van der Waals surface area contributed by atoms with Gasteiger partial charge in [-0.2, -0.15) is 4.98 Å². The number of anilines is 2. The molecule has 292 valence electrons. The number of hydrogen-bond donors (Lipinski definition) is 4. The molecule has 1 aliphatic heterocycles. The van der Waals surface area contributed by atoms with Crippen LogP contribution in [0.1, 0.15) is 72.1 Å². The smallest absolute Gasteiger partial charge is 0.408 e. The number of ether oxygens (including phenoxy) is 2. The van der Waals surface area contributed by atoms with Crippen LogP contribution < -0.4 is 25.4 Å². The lowest BCUT2D eigenvalue weighted by Crippen LogP contribution is -2.60. The van der Waals surface area contributed by atoms with Crippen LogP contribution in [-0.2, 0) is 29.1 Å². The summed E-state index contributed by atoms with van der Waals surface area (Å²) in [6, 6.07) is 4.48. The molecule has 2 aromatic rings. The summed E-state index contributed by atoms with van der Waals surface area (Å²) in [6.07, 6.45) is 3.87. The first-order valence-corrected chi connectivity index (χ1v) is 19.9. The minimum atomic E-state index is -3.93. The van der Waals surface area contributed by atoms with Gasteiger partial charge in [-0.05, 0) is 74.6 Å². The summed E-state index contributed by atoms with van der Waals surface area (Å²) in [5, 5.41) is 7.74. The van der Waals surface area contributed by atoms with Crippen LogP contribution in [0.2, 0.25) is 5.15 Å². The standard InChI is InChI=1S/C36H45ClFN7O8S/c1-5-20-18-36(20,32(48)44-54(50,51)25-14-15-25)43-30(46)26-16-24(52-28-17-27(37)40-33(41-28)39-22-12-10-21(38)11-13-22)19-45(26)31(47)29(35(2,3)4)42-34(49)53-23-8-6-7-9-23/h5,10-13,17,20,23-26,29H,1,6-9,14-16,18-19H2,2-4H3,(H,42,49)(H,43,46)(H,44,48)(H,39,40,41)/t20-,24-,26+,29-,36-/m1/s1. The molecule has 3 aliphatic carbocycles. The third-order valence-electron chi connectivity index (χ3n) is 10.1. The summed E-state index contributed by atoms with van der Waals surface area (Å²) >= 11 is 6.29. The summed E-state index contributed by atoms with van der Waals surface area (Å²) in [5.74, 6) is -3.13. The molecular weight excluding hydrogens is 745 g/mol. The van der Waals surface area contributed by atoms with Gasteiger partial charge in [0.2, 0.25) is 33.7 Å².